The van der Waals surface area contributed by atoms with Crippen LogP contribution in [0.3, 0.4) is 0 Å². The van der Waals surface area contributed by atoms with Gasteiger partial charge in [-0.05, 0) is 54.2 Å². The lowest BCUT2D eigenvalue weighted by atomic mass is 9.81. The fourth-order valence-corrected chi connectivity index (χ4v) is 4.05. The maximum Gasteiger partial charge on any atom is 0.424 e. The van der Waals surface area contributed by atoms with E-state index in [1.807, 2.05) is 0 Å². The fraction of sp³-hybridized carbons (Fsp3) is 0.474. The summed E-state index contributed by atoms with van der Waals surface area (Å²) in [7, 11) is 0. The summed E-state index contributed by atoms with van der Waals surface area (Å²) < 4.78 is 43.8. The maximum absolute atomic E-state index is 12.7. The second-order valence-corrected chi connectivity index (χ2v) is 6.68. The van der Waals surface area contributed by atoms with Crippen molar-refractivity contribution >= 4 is 0 Å². The molecule has 0 spiro atoms. The zero-order valence-corrected chi connectivity index (χ0v) is 12.6. The van der Waals surface area contributed by atoms with E-state index in [9.17, 15) is 13.2 Å². The van der Waals surface area contributed by atoms with Crippen LogP contribution >= 0.6 is 0 Å². The lowest BCUT2D eigenvalue weighted by Crippen LogP contribution is -2.23. The molecule has 3 unspecified atom stereocenters. The lowest BCUT2D eigenvalue weighted by molar-refractivity contribution is -0.137. The molecule has 0 heterocycles. The van der Waals surface area contributed by atoms with Crippen molar-refractivity contribution < 1.29 is 17.9 Å². The first-order chi connectivity index (χ1) is 11.0. The Morgan fingerprint density at radius 1 is 1.22 bits per heavy atom. The molecule has 0 amide bonds. The molecule has 2 bridgehead atoms. The monoisotopic (exact) mass is 318 g/mol. The van der Waals surface area contributed by atoms with Gasteiger partial charge in [-0.2, -0.15) is 13.2 Å². The normalized spacial score (nSPS) is 31.2. The minimum atomic E-state index is -4.38. The van der Waals surface area contributed by atoms with Crippen LogP contribution in [0.2, 0.25) is 0 Å². The van der Waals surface area contributed by atoms with Gasteiger partial charge in [-0.1, -0.05) is 35.9 Å². The second-order valence-electron chi connectivity index (χ2n) is 6.68. The Morgan fingerprint density at radius 3 is 2.74 bits per heavy atom. The Kier molecular flexibility index (Phi) is 3.50. The summed E-state index contributed by atoms with van der Waals surface area (Å²) in [5, 5.41) is 0. The molecule has 4 heteroatoms. The summed E-state index contributed by atoms with van der Waals surface area (Å²) in [4.78, 5) is 0. The first-order valence-electron chi connectivity index (χ1n) is 7.97. The van der Waals surface area contributed by atoms with Gasteiger partial charge in [-0.25, -0.2) is 0 Å². The number of hydrogen-bond donors (Lipinski definition) is 0. The number of allylic oxidation sites excluding steroid dienone is 4. The van der Waals surface area contributed by atoms with E-state index in [0.717, 1.165) is 12.5 Å². The molecule has 0 saturated heterocycles. The number of alkyl halides is 3. The number of hydrogen-bond acceptors (Lipinski definition) is 1. The number of ether oxygens (including phenoxy) is 1. The Balaban J connectivity index is 1.37. The van der Waals surface area contributed by atoms with Gasteiger partial charge in [0.25, 0.3) is 0 Å². The van der Waals surface area contributed by atoms with Crippen LogP contribution in [-0.4, -0.2) is 6.61 Å². The third-order valence-electron chi connectivity index (χ3n) is 5.17. The van der Waals surface area contributed by atoms with E-state index < -0.39 is 11.7 Å². The first kappa shape index (κ1) is 14.8. The molecule has 1 aromatic carbocycles. The second kappa shape index (κ2) is 5.42. The molecule has 120 valence electrons. The van der Waals surface area contributed by atoms with Gasteiger partial charge in [0.1, 0.15) is 5.56 Å². The van der Waals surface area contributed by atoms with Crippen LogP contribution < -0.4 is 0 Å². The Bertz CT molecular complexity index is 659. The highest BCUT2D eigenvalue weighted by Crippen LogP contribution is 2.54. The Hall–Kier alpha value is -1.73. The molecule has 0 aromatic heterocycles. The SMILES string of the molecule is FC(F)(F)c1c#ccc(COC[C@@H]2C3C=CC(C3)C2C2=CC2)c1. The van der Waals surface area contributed by atoms with Crippen molar-refractivity contribution in [2.45, 2.75) is 25.6 Å². The highest BCUT2D eigenvalue weighted by molar-refractivity contribution is 5.32. The van der Waals surface area contributed by atoms with Crippen molar-refractivity contribution in [2.24, 2.45) is 23.7 Å². The third-order valence-corrected chi connectivity index (χ3v) is 5.17. The molecule has 1 fully saturated rings. The number of rotatable bonds is 5. The van der Waals surface area contributed by atoms with E-state index in [2.05, 4.69) is 30.4 Å². The van der Waals surface area contributed by atoms with Crippen LogP contribution in [0.25, 0.3) is 0 Å². The van der Waals surface area contributed by atoms with E-state index >= 15 is 0 Å². The van der Waals surface area contributed by atoms with E-state index in [1.165, 1.54) is 18.1 Å². The molecule has 3 aliphatic rings. The molecule has 1 nitrogen and oxygen atoms in total. The molecule has 3 aliphatic carbocycles. The predicted molar refractivity (Wildman–Crippen MR) is 79.2 cm³/mol. The van der Waals surface area contributed by atoms with Gasteiger partial charge in [0.05, 0.1) is 13.2 Å². The quantitative estimate of drug-likeness (QED) is 0.722. The zero-order chi connectivity index (χ0) is 16.0. The van der Waals surface area contributed by atoms with Crippen molar-refractivity contribution in [3.05, 3.63) is 59.2 Å². The van der Waals surface area contributed by atoms with Crippen LogP contribution in [-0.2, 0) is 17.5 Å². The minimum absolute atomic E-state index is 0.192. The standard InChI is InChI=1S/C19H17F3O/c20-19(21,22)16-3-1-2-12(8-16)10-23-11-17-14-6-7-15(9-14)18(17)13-4-5-13/h2,4,6-8,14-15,17-18H,5,9-11H2/t14?,15?,17-,18?/m1/s1. The average Bonchev–Trinajstić information content (AvgIpc) is 3.15. The molecule has 1 aromatic rings. The summed E-state index contributed by atoms with van der Waals surface area (Å²) in [6.45, 7) is 0.797. The van der Waals surface area contributed by atoms with Crippen molar-refractivity contribution in [1.29, 1.82) is 0 Å². The molecule has 0 radical (unpaired) electrons. The molecular weight excluding hydrogens is 301 g/mol. The first-order valence-corrected chi connectivity index (χ1v) is 7.97. The summed E-state index contributed by atoms with van der Waals surface area (Å²) in [5.74, 6) is 2.26. The van der Waals surface area contributed by atoms with Crippen LogP contribution in [0.15, 0.2) is 35.9 Å². The number of halogens is 3. The van der Waals surface area contributed by atoms with Crippen LogP contribution in [0.4, 0.5) is 13.2 Å². The average molecular weight is 318 g/mol. The van der Waals surface area contributed by atoms with Crippen molar-refractivity contribution in [3.8, 4) is 0 Å². The highest BCUT2D eigenvalue weighted by Gasteiger charge is 2.47. The van der Waals surface area contributed by atoms with Gasteiger partial charge in [0, 0.05) is 0 Å². The van der Waals surface area contributed by atoms with Gasteiger partial charge in [-0.15, -0.1) is 0 Å². The molecule has 4 atom stereocenters. The van der Waals surface area contributed by atoms with Gasteiger partial charge in [0.2, 0.25) is 0 Å². The number of fused-ring (bicyclic) bond motifs is 2. The largest absolute Gasteiger partial charge is 0.424 e. The molecule has 1 saturated carbocycles. The summed E-state index contributed by atoms with van der Waals surface area (Å²) in [6, 6.07) is 7.15. The zero-order valence-electron chi connectivity index (χ0n) is 12.6. The molecule has 23 heavy (non-hydrogen) atoms. The molecule has 4 rings (SSSR count). The van der Waals surface area contributed by atoms with Gasteiger partial charge >= 0.3 is 6.18 Å². The van der Waals surface area contributed by atoms with Crippen molar-refractivity contribution in [3.63, 3.8) is 0 Å². The molecular formula is C19H17F3O. The summed E-state index contributed by atoms with van der Waals surface area (Å²) in [6.07, 6.45) is 4.82. The van der Waals surface area contributed by atoms with E-state index in [-0.39, 0.29) is 6.61 Å². The van der Waals surface area contributed by atoms with Crippen LogP contribution in [0.1, 0.15) is 24.0 Å². The van der Waals surface area contributed by atoms with E-state index in [1.54, 1.807) is 0 Å². The van der Waals surface area contributed by atoms with Gasteiger partial charge in [0.15, 0.2) is 0 Å². The van der Waals surface area contributed by atoms with Crippen LogP contribution in [0.5, 0.6) is 0 Å². The summed E-state index contributed by atoms with van der Waals surface area (Å²) in [5.41, 5.74) is 1.25. The Labute approximate surface area is 133 Å². The predicted octanol–water partition coefficient (Wildman–Crippen LogP) is 4.59. The topological polar surface area (TPSA) is 9.23 Å². The molecule has 0 aliphatic heterocycles. The fourth-order valence-electron chi connectivity index (χ4n) is 4.05. The lowest BCUT2D eigenvalue weighted by Gasteiger charge is -2.26. The maximum atomic E-state index is 12.7. The van der Waals surface area contributed by atoms with Crippen LogP contribution in [0, 0.1) is 35.8 Å². The van der Waals surface area contributed by atoms with E-state index in [0.29, 0.717) is 35.8 Å². The van der Waals surface area contributed by atoms with Crippen molar-refractivity contribution in [2.75, 3.05) is 6.61 Å². The third kappa shape index (κ3) is 2.90. The van der Waals surface area contributed by atoms with Gasteiger partial charge < -0.3 is 4.74 Å². The van der Waals surface area contributed by atoms with Crippen molar-refractivity contribution in [1.82, 2.24) is 0 Å². The summed E-state index contributed by atoms with van der Waals surface area (Å²) >= 11 is 0. The highest BCUT2D eigenvalue weighted by atomic mass is 19.4. The van der Waals surface area contributed by atoms with E-state index in [4.69, 9.17) is 4.74 Å². The smallest absolute Gasteiger partial charge is 0.376 e. The Morgan fingerprint density at radius 2 is 2.00 bits per heavy atom. The molecule has 0 N–H and O–H groups in total. The van der Waals surface area contributed by atoms with Gasteiger partial charge in [-0.3, -0.25) is 0 Å². The minimum Gasteiger partial charge on any atom is -0.376 e.